The van der Waals surface area contributed by atoms with Gasteiger partial charge in [0.1, 0.15) is 11.8 Å². The average Bonchev–Trinajstić information content (AvgIpc) is 2.47. The van der Waals surface area contributed by atoms with Crippen LogP contribution in [-0.2, 0) is 9.53 Å². The van der Waals surface area contributed by atoms with Gasteiger partial charge in [0, 0.05) is 19.2 Å². The van der Waals surface area contributed by atoms with Crippen LogP contribution in [0.3, 0.4) is 0 Å². The van der Waals surface area contributed by atoms with E-state index >= 15 is 0 Å². The van der Waals surface area contributed by atoms with Crippen molar-refractivity contribution in [1.82, 2.24) is 5.32 Å². The van der Waals surface area contributed by atoms with E-state index in [1.54, 1.807) is 13.2 Å². The Morgan fingerprint density at radius 3 is 3.05 bits per heavy atom. The number of hydrogen-bond donors (Lipinski definition) is 2. The lowest BCUT2D eigenvalue weighted by Crippen LogP contribution is -2.54. The Labute approximate surface area is 118 Å². The number of rotatable bonds is 4. The number of nitrogens with two attached hydrogens (primary N) is 1. The van der Waals surface area contributed by atoms with E-state index in [-0.39, 0.29) is 11.9 Å². The third kappa shape index (κ3) is 2.96. The van der Waals surface area contributed by atoms with Gasteiger partial charge in [-0.1, -0.05) is 0 Å². The first kappa shape index (κ1) is 14.5. The van der Waals surface area contributed by atoms with Crippen LogP contribution in [-0.4, -0.2) is 45.4 Å². The van der Waals surface area contributed by atoms with Gasteiger partial charge in [0.15, 0.2) is 0 Å². The van der Waals surface area contributed by atoms with E-state index in [0.29, 0.717) is 37.7 Å². The number of hydrogen-bond acceptors (Lipinski definition) is 5. The number of likely N-dealkylation sites (N-methyl/N-ethyl adjacent to an activating group) is 1. The van der Waals surface area contributed by atoms with Crippen LogP contribution in [0.1, 0.15) is 6.92 Å². The average molecular weight is 279 g/mol. The summed E-state index contributed by atoms with van der Waals surface area (Å²) in [6, 6.07) is 5.14. The highest BCUT2D eigenvalue weighted by Gasteiger charge is 2.30. The monoisotopic (exact) mass is 279 g/mol. The molecule has 6 heteroatoms. The summed E-state index contributed by atoms with van der Waals surface area (Å²) in [5.41, 5.74) is 7.51. The topological polar surface area (TPSA) is 76.8 Å². The van der Waals surface area contributed by atoms with Crippen molar-refractivity contribution < 1.29 is 14.3 Å². The maximum atomic E-state index is 12.1. The van der Waals surface area contributed by atoms with Crippen molar-refractivity contribution in [3.05, 3.63) is 18.2 Å². The summed E-state index contributed by atoms with van der Waals surface area (Å²) in [6.45, 7) is 4.09. The number of nitrogen functional groups attached to an aromatic ring is 1. The molecule has 1 aliphatic heterocycles. The summed E-state index contributed by atoms with van der Waals surface area (Å²) < 4.78 is 10.6. The lowest BCUT2D eigenvalue weighted by atomic mass is 10.1. The summed E-state index contributed by atoms with van der Waals surface area (Å²) in [5.74, 6) is 0.663. The second-order valence-electron chi connectivity index (χ2n) is 4.60. The Bertz CT molecular complexity index is 479. The molecule has 0 aromatic heterocycles. The first-order valence-corrected chi connectivity index (χ1v) is 6.73. The smallest absolute Gasteiger partial charge is 0.245 e. The Morgan fingerprint density at radius 2 is 2.40 bits per heavy atom. The molecule has 0 radical (unpaired) electrons. The number of benzene rings is 1. The summed E-state index contributed by atoms with van der Waals surface area (Å²) in [4.78, 5) is 14.1. The van der Waals surface area contributed by atoms with Crippen LogP contribution in [0.5, 0.6) is 5.75 Å². The lowest BCUT2D eigenvalue weighted by Gasteiger charge is -2.36. The molecule has 6 nitrogen and oxygen atoms in total. The maximum Gasteiger partial charge on any atom is 0.245 e. The van der Waals surface area contributed by atoms with Gasteiger partial charge in [0.25, 0.3) is 0 Å². The summed E-state index contributed by atoms with van der Waals surface area (Å²) in [5, 5.41) is 2.83. The standard InChI is InChI=1S/C14H21N3O3/c1-3-16-14(18)13-9-20-7-6-17(13)12-5-4-10(19-2)8-11(12)15/h4-5,8,13H,3,6-7,9,15H2,1-2H3,(H,16,18). The molecule has 1 atom stereocenters. The van der Waals surface area contributed by atoms with E-state index < -0.39 is 0 Å². The van der Waals surface area contributed by atoms with Crippen LogP contribution >= 0.6 is 0 Å². The fourth-order valence-electron chi connectivity index (χ4n) is 2.32. The Balaban J connectivity index is 2.25. The predicted octanol–water partition coefficient (Wildman–Crippen LogP) is 0.619. The van der Waals surface area contributed by atoms with Crippen molar-refractivity contribution in [1.29, 1.82) is 0 Å². The number of nitrogens with zero attached hydrogens (tertiary/aromatic N) is 1. The Kier molecular flexibility index (Phi) is 4.68. The van der Waals surface area contributed by atoms with E-state index in [1.165, 1.54) is 0 Å². The molecule has 0 spiro atoms. The van der Waals surface area contributed by atoms with Crippen LogP contribution in [0.2, 0.25) is 0 Å². The van der Waals surface area contributed by atoms with Gasteiger partial charge in [-0.2, -0.15) is 0 Å². The van der Waals surface area contributed by atoms with Gasteiger partial charge in [-0.3, -0.25) is 4.79 Å². The molecule has 1 unspecified atom stereocenters. The fourth-order valence-corrected chi connectivity index (χ4v) is 2.32. The first-order chi connectivity index (χ1) is 9.67. The van der Waals surface area contributed by atoms with Crippen molar-refractivity contribution in [2.75, 3.05) is 44.0 Å². The molecular weight excluding hydrogens is 258 g/mol. The third-order valence-corrected chi connectivity index (χ3v) is 3.33. The minimum Gasteiger partial charge on any atom is -0.497 e. The maximum absolute atomic E-state index is 12.1. The molecule has 0 aliphatic carbocycles. The number of ether oxygens (including phenoxy) is 2. The number of nitrogens with one attached hydrogen (secondary N) is 1. The van der Waals surface area contributed by atoms with Gasteiger partial charge in [-0.15, -0.1) is 0 Å². The lowest BCUT2D eigenvalue weighted by molar-refractivity contribution is -0.124. The zero-order chi connectivity index (χ0) is 14.5. The molecule has 1 heterocycles. The largest absolute Gasteiger partial charge is 0.497 e. The third-order valence-electron chi connectivity index (χ3n) is 3.33. The van der Waals surface area contributed by atoms with Gasteiger partial charge < -0.3 is 25.4 Å². The predicted molar refractivity (Wildman–Crippen MR) is 78.0 cm³/mol. The van der Waals surface area contributed by atoms with Crippen molar-refractivity contribution in [2.24, 2.45) is 0 Å². The fraction of sp³-hybridized carbons (Fsp3) is 0.500. The number of anilines is 2. The normalized spacial score (nSPS) is 18.7. The highest BCUT2D eigenvalue weighted by molar-refractivity contribution is 5.87. The summed E-state index contributed by atoms with van der Waals surface area (Å²) >= 11 is 0. The van der Waals surface area contributed by atoms with E-state index in [9.17, 15) is 4.79 Å². The van der Waals surface area contributed by atoms with Crippen LogP contribution in [0, 0.1) is 0 Å². The molecule has 1 aliphatic rings. The number of methoxy groups -OCH3 is 1. The number of morpholine rings is 1. The quantitative estimate of drug-likeness (QED) is 0.790. The minimum absolute atomic E-state index is 0.0394. The summed E-state index contributed by atoms with van der Waals surface area (Å²) in [7, 11) is 1.60. The van der Waals surface area contributed by atoms with Crippen LogP contribution < -0.4 is 20.7 Å². The molecular formula is C14H21N3O3. The second-order valence-corrected chi connectivity index (χ2v) is 4.60. The van der Waals surface area contributed by atoms with E-state index in [2.05, 4.69) is 5.32 Å². The number of carbonyl (C=O) groups excluding carboxylic acids is 1. The summed E-state index contributed by atoms with van der Waals surface area (Å²) in [6.07, 6.45) is 0. The molecule has 0 saturated carbocycles. The van der Waals surface area contributed by atoms with Crippen LogP contribution in [0.4, 0.5) is 11.4 Å². The molecule has 20 heavy (non-hydrogen) atoms. The first-order valence-electron chi connectivity index (χ1n) is 6.73. The molecule has 0 bridgehead atoms. The second kappa shape index (κ2) is 6.47. The molecule has 1 saturated heterocycles. The molecule has 1 aromatic rings. The molecule has 3 N–H and O–H groups in total. The van der Waals surface area contributed by atoms with Crippen molar-refractivity contribution >= 4 is 17.3 Å². The van der Waals surface area contributed by atoms with Crippen LogP contribution in [0.15, 0.2) is 18.2 Å². The van der Waals surface area contributed by atoms with Gasteiger partial charge in [0.05, 0.1) is 31.7 Å². The SMILES string of the molecule is CCNC(=O)C1COCCN1c1ccc(OC)cc1N. The van der Waals surface area contributed by atoms with Crippen LogP contribution in [0.25, 0.3) is 0 Å². The molecule has 1 aromatic carbocycles. The minimum atomic E-state index is -0.348. The molecule has 1 amide bonds. The number of amides is 1. The molecule has 1 fully saturated rings. The van der Waals surface area contributed by atoms with Crippen molar-refractivity contribution in [3.8, 4) is 5.75 Å². The zero-order valence-corrected chi connectivity index (χ0v) is 11.9. The zero-order valence-electron chi connectivity index (χ0n) is 11.9. The van der Waals surface area contributed by atoms with Crippen molar-refractivity contribution in [3.63, 3.8) is 0 Å². The van der Waals surface area contributed by atoms with E-state index in [0.717, 1.165) is 5.69 Å². The molecule has 110 valence electrons. The van der Waals surface area contributed by atoms with Gasteiger partial charge in [0.2, 0.25) is 5.91 Å². The Morgan fingerprint density at radius 1 is 1.60 bits per heavy atom. The van der Waals surface area contributed by atoms with Gasteiger partial charge in [-0.05, 0) is 19.1 Å². The van der Waals surface area contributed by atoms with Gasteiger partial charge >= 0.3 is 0 Å². The highest BCUT2D eigenvalue weighted by Crippen LogP contribution is 2.30. The highest BCUT2D eigenvalue weighted by atomic mass is 16.5. The van der Waals surface area contributed by atoms with Crippen molar-refractivity contribution in [2.45, 2.75) is 13.0 Å². The Hall–Kier alpha value is -1.95. The number of carbonyl (C=O) groups is 1. The van der Waals surface area contributed by atoms with E-state index in [4.69, 9.17) is 15.2 Å². The molecule has 2 rings (SSSR count). The van der Waals surface area contributed by atoms with Gasteiger partial charge in [-0.25, -0.2) is 0 Å². The van der Waals surface area contributed by atoms with E-state index in [1.807, 2.05) is 24.0 Å².